The normalized spacial score (nSPS) is 12.3. The van der Waals surface area contributed by atoms with Crippen molar-refractivity contribution in [2.75, 3.05) is 12.4 Å². The highest BCUT2D eigenvalue weighted by Gasteiger charge is 2.37. The minimum absolute atomic E-state index is 0.0374. The molecule has 1 N–H and O–H groups in total. The lowest BCUT2D eigenvalue weighted by molar-refractivity contribution is -0.143. The molecule has 3 nitrogen and oxygen atoms in total. The minimum atomic E-state index is -5.03. The van der Waals surface area contributed by atoms with Gasteiger partial charge in [0.2, 0.25) is 5.91 Å². The maximum absolute atomic E-state index is 12.9. The van der Waals surface area contributed by atoms with Crippen LogP contribution in [0.15, 0.2) is 36.4 Å². The number of ether oxygens (including phenoxy) is 1. The summed E-state index contributed by atoms with van der Waals surface area (Å²) in [5.41, 5.74) is -3.48. The fourth-order valence-electron chi connectivity index (χ4n) is 2.30. The maximum Gasteiger partial charge on any atom is 0.416 e. The summed E-state index contributed by atoms with van der Waals surface area (Å²) in [5, 5.41) is 2.34. The molecule has 0 aromatic heterocycles. The second-order valence-corrected chi connectivity index (χ2v) is 6.47. The van der Waals surface area contributed by atoms with Crippen molar-refractivity contribution in [1.82, 2.24) is 0 Å². The van der Waals surface area contributed by atoms with Gasteiger partial charge in [-0.1, -0.05) is 23.2 Å². The van der Waals surface area contributed by atoms with E-state index in [2.05, 4.69) is 0 Å². The zero-order valence-corrected chi connectivity index (χ0v) is 15.9. The van der Waals surface area contributed by atoms with Gasteiger partial charge in [0, 0.05) is 22.3 Å². The van der Waals surface area contributed by atoms with E-state index in [9.17, 15) is 31.1 Å². The molecule has 1 amide bonds. The van der Waals surface area contributed by atoms with Crippen LogP contribution in [0.1, 0.15) is 16.7 Å². The Bertz CT molecular complexity index is 922. The third-order valence-electron chi connectivity index (χ3n) is 3.51. The lowest BCUT2D eigenvalue weighted by Gasteiger charge is -2.14. The third kappa shape index (κ3) is 6.04. The summed E-state index contributed by atoms with van der Waals surface area (Å²) in [6.07, 6.45) is -7.97. The van der Waals surface area contributed by atoms with Crippen molar-refractivity contribution in [3.05, 3.63) is 63.1 Å². The van der Waals surface area contributed by atoms with Crippen LogP contribution in [0.25, 0.3) is 6.08 Å². The fourth-order valence-corrected chi connectivity index (χ4v) is 2.88. The molecule has 2 rings (SSSR count). The van der Waals surface area contributed by atoms with E-state index in [1.807, 2.05) is 5.32 Å². The van der Waals surface area contributed by atoms with Crippen LogP contribution in [0.3, 0.4) is 0 Å². The lowest BCUT2D eigenvalue weighted by atomic mass is 10.1. The standard InChI is InChI=1S/C18H11Cl2F6NO2/c1-29-16-9(4-12(19)8-14(16)20)2-3-15(28)27-13-6-10(17(21,22)23)5-11(7-13)18(24,25)26/h2-8H,1H3,(H,27,28)/b3-2+. The first-order valence-corrected chi connectivity index (χ1v) is 8.38. The second kappa shape index (κ2) is 8.54. The molecule has 0 heterocycles. The number of amides is 1. The molecule has 156 valence electrons. The number of rotatable bonds is 4. The van der Waals surface area contributed by atoms with Crippen molar-refractivity contribution in [1.29, 1.82) is 0 Å². The highest BCUT2D eigenvalue weighted by atomic mass is 35.5. The summed E-state index contributed by atoms with van der Waals surface area (Å²) in [6, 6.07) is 3.56. The maximum atomic E-state index is 12.9. The summed E-state index contributed by atoms with van der Waals surface area (Å²) in [4.78, 5) is 12.0. The van der Waals surface area contributed by atoms with E-state index in [1.54, 1.807) is 0 Å². The molecule has 0 aliphatic rings. The second-order valence-electron chi connectivity index (χ2n) is 5.63. The van der Waals surface area contributed by atoms with Crippen LogP contribution in [-0.4, -0.2) is 13.0 Å². The lowest BCUT2D eigenvalue weighted by Crippen LogP contribution is -2.14. The highest BCUT2D eigenvalue weighted by molar-refractivity contribution is 6.36. The number of alkyl halides is 6. The van der Waals surface area contributed by atoms with Gasteiger partial charge in [-0.25, -0.2) is 0 Å². The summed E-state index contributed by atoms with van der Waals surface area (Å²) in [7, 11) is 1.31. The van der Waals surface area contributed by atoms with Crippen LogP contribution in [-0.2, 0) is 17.1 Å². The van der Waals surface area contributed by atoms with E-state index in [-0.39, 0.29) is 27.4 Å². The molecule has 0 unspecified atom stereocenters. The first-order valence-electron chi connectivity index (χ1n) is 7.63. The van der Waals surface area contributed by atoms with Gasteiger partial charge in [0.25, 0.3) is 0 Å². The van der Waals surface area contributed by atoms with Gasteiger partial charge >= 0.3 is 12.4 Å². The Labute approximate surface area is 170 Å². The number of methoxy groups -OCH3 is 1. The van der Waals surface area contributed by atoms with Crippen LogP contribution >= 0.6 is 23.2 Å². The monoisotopic (exact) mass is 457 g/mol. The first kappa shape index (κ1) is 22.9. The predicted octanol–water partition coefficient (Wildman–Crippen LogP) is 6.69. The van der Waals surface area contributed by atoms with Crippen LogP contribution < -0.4 is 10.1 Å². The largest absolute Gasteiger partial charge is 0.495 e. The Kier molecular flexibility index (Phi) is 6.74. The van der Waals surface area contributed by atoms with Crippen molar-refractivity contribution in [3.8, 4) is 5.75 Å². The Morgan fingerprint density at radius 2 is 1.52 bits per heavy atom. The van der Waals surface area contributed by atoms with E-state index >= 15 is 0 Å². The molecule has 0 atom stereocenters. The average Bonchev–Trinajstić information content (AvgIpc) is 2.57. The molecule has 0 aliphatic heterocycles. The number of carbonyl (C=O) groups excluding carboxylic acids is 1. The van der Waals surface area contributed by atoms with E-state index in [0.29, 0.717) is 12.1 Å². The Balaban J connectivity index is 2.33. The number of hydrogen-bond acceptors (Lipinski definition) is 2. The Morgan fingerprint density at radius 3 is 2.00 bits per heavy atom. The zero-order chi connectivity index (χ0) is 22.0. The van der Waals surface area contributed by atoms with Crippen molar-refractivity contribution in [2.24, 2.45) is 0 Å². The SMILES string of the molecule is COc1c(Cl)cc(Cl)cc1/C=C/C(=O)Nc1cc(C(F)(F)F)cc(C(F)(F)F)c1. The van der Waals surface area contributed by atoms with Gasteiger partial charge in [-0.15, -0.1) is 0 Å². The number of anilines is 1. The summed E-state index contributed by atoms with van der Waals surface area (Å²) < 4.78 is 82.3. The van der Waals surface area contributed by atoms with Crippen molar-refractivity contribution in [2.45, 2.75) is 12.4 Å². The summed E-state index contributed by atoms with van der Waals surface area (Å²) in [5.74, 6) is -0.797. The molecule has 0 spiro atoms. The van der Waals surface area contributed by atoms with Gasteiger partial charge < -0.3 is 10.1 Å². The van der Waals surface area contributed by atoms with Gasteiger partial charge in [-0.05, 0) is 36.4 Å². The van der Waals surface area contributed by atoms with E-state index in [1.165, 1.54) is 25.3 Å². The van der Waals surface area contributed by atoms with Gasteiger partial charge in [-0.2, -0.15) is 26.3 Å². The number of halogens is 8. The Morgan fingerprint density at radius 1 is 0.966 bits per heavy atom. The molecule has 2 aromatic rings. The third-order valence-corrected chi connectivity index (χ3v) is 4.01. The molecule has 0 aliphatic carbocycles. The number of hydrogen-bond donors (Lipinski definition) is 1. The van der Waals surface area contributed by atoms with Gasteiger partial charge in [0.1, 0.15) is 5.75 Å². The van der Waals surface area contributed by atoms with Gasteiger partial charge in [-0.3, -0.25) is 4.79 Å². The molecule has 0 fully saturated rings. The quantitative estimate of drug-likeness (QED) is 0.410. The van der Waals surface area contributed by atoms with E-state index in [4.69, 9.17) is 27.9 Å². The topological polar surface area (TPSA) is 38.3 Å². The fraction of sp³-hybridized carbons (Fsp3) is 0.167. The minimum Gasteiger partial charge on any atom is -0.495 e. The van der Waals surface area contributed by atoms with E-state index in [0.717, 1.165) is 6.08 Å². The Hall–Kier alpha value is -2.39. The predicted molar refractivity (Wildman–Crippen MR) is 97.1 cm³/mol. The number of nitrogens with one attached hydrogen (secondary N) is 1. The zero-order valence-electron chi connectivity index (χ0n) is 14.4. The molecule has 0 saturated heterocycles. The van der Waals surface area contributed by atoms with Gasteiger partial charge in [0.05, 0.1) is 23.3 Å². The molecular formula is C18H11Cl2F6NO2. The molecule has 29 heavy (non-hydrogen) atoms. The molecule has 0 radical (unpaired) electrons. The number of carbonyl (C=O) groups is 1. The van der Waals surface area contributed by atoms with Crippen LogP contribution in [0.2, 0.25) is 10.0 Å². The molecule has 0 saturated carbocycles. The van der Waals surface area contributed by atoms with E-state index < -0.39 is 35.1 Å². The smallest absolute Gasteiger partial charge is 0.416 e. The molecule has 11 heteroatoms. The number of benzene rings is 2. The molecule has 0 bridgehead atoms. The average molecular weight is 458 g/mol. The highest BCUT2D eigenvalue weighted by Crippen LogP contribution is 2.37. The first-order chi connectivity index (χ1) is 13.3. The van der Waals surface area contributed by atoms with Gasteiger partial charge in [0.15, 0.2) is 0 Å². The summed E-state index contributed by atoms with van der Waals surface area (Å²) >= 11 is 11.8. The van der Waals surface area contributed by atoms with Crippen molar-refractivity contribution in [3.63, 3.8) is 0 Å². The summed E-state index contributed by atoms with van der Waals surface area (Å²) in [6.45, 7) is 0. The molecular weight excluding hydrogens is 447 g/mol. The molecule has 2 aromatic carbocycles. The van der Waals surface area contributed by atoms with Crippen molar-refractivity contribution < 1.29 is 35.9 Å². The van der Waals surface area contributed by atoms with Crippen LogP contribution in [0.5, 0.6) is 5.75 Å². The van der Waals surface area contributed by atoms with Crippen LogP contribution in [0, 0.1) is 0 Å². The van der Waals surface area contributed by atoms with Crippen LogP contribution in [0.4, 0.5) is 32.0 Å². The van der Waals surface area contributed by atoms with Crippen molar-refractivity contribution >= 4 is 40.9 Å².